The molecule has 5 rings (SSSR count). The maximum Gasteiger partial charge on any atom is 0.402 e. The molecule has 16 heteroatoms. The fourth-order valence-corrected chi connectivity index (χ4v) is 5.49. The molecule has 0 radical (unpaired) electrons. The number of aromatic nitrogens is 3. The molecule has 5 aromatic rings. The molecule has 0 saturated heterocycles. The number of aryl methyl sites for hydroxylation is 1. The lowest BCUT2D eigenvalue weighted by atomic mass is 9.77. The van der Waals surface area contributed by atoms with Gasteiger partial charge in [0.15, 0.2) is 6.54 Å². The molecule has 53 heavy (non-hydrogen) atoms. The minimum Gasteiger partial charge on any atom is -0.387 e. The first-order valence-corrected chi connectivity index (χ1v) is 16.3. The maximum absolute atomic E-state index is 14.5. The van der Waals surface area contributed by atoms with E-state index in [4.69, 9.17) is 19.8 Å². The third kappa shape index (κ3) is 9.94. The molecule has 2 heterocycles. The minimum absolute atomic E-state index is 0.123. The molecule has 0 bridgehead atoms. The minimum atomic E-state index is -4.91. The molecule has 0 spiro atoms. The van der Waals surface area contributed by atoms with Gasteiger partial charge in [0.1, 0.15) is 18.4 Å². The van der Waals surface area contributed by atoms with E-state index in [0.717, 1.165) is 34.7 Å². The summed E-state index contributed by atoms with van der Waals surface area (Å²) in [5.74, 6) is 2.97. The largest absolute Gasteiger partial charge is 0.402 e. The van der Waals surface area contributed by atoms with Crippen LogP contribution in [0, 0.1) is 12.3 Å². The summed E-state index contributed by atoms with van der Waals surface area (Å²) >= 11 is 0. The molecule has 5 N–H and O–H groups in total. The molecule has 13 nitrogen and oxygen atoms in total. The number of nitrogens with one attached hydrogen (secondary N) is 3. The SMILES string of the molecule is C=[N+](/C=C(/NC(=O)Nc1cccc(C(C)CC(C)(C(=O)Nc2c[n+](Cc3ccc(C)cc3)no2)C(F)(F)F)c1)ON)Cc1ccc(-c2cnoc2)cc1. The molecule has 2 unspecified atom stereocenters. The summed E-state index contributed by atoms with van der Waals surface area (Å²) in [6, 6.07) is 20.8. The molecular weight excluding hydrogens is 693 g/mol. The topological polar surface area (TPSA) is 164 Å². The Balaban J connectivity index is 1.18. The van der Waals surface area contributed by atoms with Gasteiger partial charge >= 0.3 is 18.1 Å². The number of nitrogens with zero attached hydrogens (tertiary/aromatic N) is 4. The zero-order chi connectivity index (χ0) is 38.2. The molecule has 0 fully saturated rings. The third-order valence-electron chi connectivity index (χ3n) is 8.54. The van der Waals surface area contributed by atoms with Crippen molar-refractivity contribution in [3.05, 3.63) is 126 Å². The van der Waals surface area contributed by atoms with Crippen LogP contribution in [0.2, 0.25) is 0 Å². The van der Waals surface area contributed by atoms with Crippen LogP contribution >= 0.6 is 0 Å². The quantitative estimate of drug-likeness (QED) is 0.0441. The van der Waals surface area contributed by atoms with Crippen molar-refractivity contribution in [3.8, 4) is 11.1 Å². The van der Waals surface area contributed by atoms with Gasteiger partial charge in [0, 0.05) is 22.4 Å². The summed E-state index contributed by atoms with van der Waals surface area (Å²) in [5.41, 5.74) is 2.56. The first-order valence-electron chi connectivity index (χ1n) is 16.3. The number of alkyl halides is 3. The van der Waals surface area contributed by atoms with Crippen LogP contribution in [0.3, 0.4) is 0 Å². The number of hydrogen-bond acceptors (Lipinski definition) is 8. The van der Waals surface area contributed by atoms with Crippen molar-refractivity contribution in [1.82, 2.24) is 15.7 Å². The van der Waals surface area contributed by atoms with Gasteiger partial charge in [-0.1, -0.05) is 78.3 Å². The van der Waals surface area contributed by atoms with Crippen molar-refractivity contribution in [2.75, 3.05) is 10.6 Å². The molecule has 3 aromatic carbocycles. The molecule has 2 aromatic heterocycles. The average Bonchev–Trinajstić information content (AvgIpc) is 3.82. The second kappa shape index (κ2) is 16.4. The van der Waals surface area contributed by atoms with Gasteiger partial charge in [0.2, 0.25) is 23.9 Å². The number of carbonyl (C=O) groups excluding carboxylic acids is 2. The lowest BCUT2D eigenvalue weighted by Crippen LogP contribution is -2.46. The normalized spacial score (nSPS) is 13.5. The van der Waals surface area contributed by atoms with Crippen molar-refractivity contribution >= 4 is 30.2 Å². The number of nitrogens with two attached hydrogens (primary N) is 1. The van der Waals surface area contributed by atoms with Crippen LogP contribution in [0.5, 0.6) is 0 Å². The average molecular weight is 733 g/mol. The molecule has 0 aliphatic heterocycles. The summed E-state index contributed by atoms with van der Waals surface area (Å²) in [7, 11) is 0. The summed E-state index contributed by atoms with van der Waals surface area (Å²) in [6.07, 6.45) is 0.344. The van der Waals surface area contributed by atoms with Crippen LogP contribution in [0.15, 0.2) is 113 Å². The van der Waals surface area contributed by atoms with E-state index in [1.54, 1.807) is 37.6 Å². The highest BCUT2D eigenvalue weighted by Crippen LogP contribution is 2.46. The summed E-state index contributed by atoms with van der Waals surface area (Å²) in [5, 5.41) is 14.8. The summed E-state index contributed by atoms with van der Waals surface area (Å²) < 4.78 is 56.4. The fourth-order valence-electron chi connectivity index (χ4n) is 5.49. The van der Waals surface area contributed by atoms with E-state index in [-0.39, 0.29) is 17.5 Å². The predicted octanol–water partition coefficient (Wildman–Crippen LogP) is 6.40. The van der Waals surface area contributed by atoms with E-state index < -0.39 is 35.9 Å². The Morgan fingerprint density at radius 1 is 1.06 bits per heavy atom. The zero-order valence-corrected chi connectivity index (χ0v) is 29.2. The highest BCUT2D eigenvalue weighted by Gasteiger charge is 2.57. The van der Waals surface area contributed by atoms with E-state index in [9.17, 15) is 22.8 Å². The summed E-state index contributed by atoms with van der Waals surface area (Å²) in [4.78, 5) is 30.8. The monoisotopic (exact) mass is 732 g/mol. The van der Waals surface area contributed by atoms with E-state index in [1.165, 1.54) is 27.7 Å². The van der Waals surface area contributed by atoms with Crippen molar-refractivity contribution in [2.24, 2.45) is 11.3 Å². The Kier molecular flexibility index (Phi) is 11.7. The molecule has 0 aliphatic carbocycles. The number of amides is 3. The number of carbonyl (C=O) groups is 2. The zero-order valence-electron chi connectivity index (χ0n) is 29.2. The van der Waals surface area contributed by atoms with Crippen molar-refractivity contribution in [2.45, 2.75) is 52.4 Å². The van der Waals surface area contributed by atoms with Crippen LogP contribution in [0.4, 0.5) is 29.5 Å². The van der Waals surface area contributed by atoms with E-state index in [2.05, 4.69) is 33.1 Å². The van der Waals surface area contributed by atoms with Crippen LogP contribution in [-0.4, -0.2) is 39.8 Å². The number of hydrogen-bond donors (Lipinski definition) is 4. The first-order chi connectivity index (χ1) is 25.2. The van der Waals surface area contributed by atoms with E-state index in [0.29, 0.717) is 18.7 Å². The van der Waals surface area contributed by atoms with E-state index in [1.807, 2.05) is 55.5 Å². The number of halogens is 3. The van der Waals surface area contributed by atoms with Crippen LogP contribution in [0.25, 0.3) is 11.1 Å². The standard InChI is InChI=1S/C37H37F3N8O5/c1-24-8-10-27(11-9-24)20-48-22-33(53-46-48)44-34(49)36(3,37(38,39)40)17-25(2)29-6-5-7-31(16-29)43-35(50)45-32(52-41)21-47(4)19-26-12-14-28(15-13-26)30-18-42-51-23-30/h5-16,18,21-23,25H,4,17,19-20,41H2,1-3H3,(H-2,43,44,45,46,49,50)/p+2/b32-21-. The highest BCUT2D eigenvalue weighted by molar-refractivity contribution is 5.94. The van der Waals surface area contributed by atoms with Gasteiger partial charge in [0.05, 0.1) is 6.20 Å². The Morgan fingerprint density at radius 3 is 2.43 bits per heavy atom. The number of benzene rings is 3. The summed E-state index contributed by atoms with van der Waals surface area (Å²) in [6.45, 7) is 8.92. The van der Waals surface area contributed by atoms with Gasteiger partial charge in [-0.15, -0.1) is 0 Å². The predicted molar refractivity (Wildman–Crippen MR) is 188 cm³/mol. The lowest BCUT2D eigenvalue weighted by molar-refractivity contribution is -0.754. The Labute approximate surface area is 302 Å². The second-order valence-corrected chi connectivity index (χ2v) is 12.8. The number of anilines is 2. The first kappa shape index (κ1) is 38.0. The Morgan fingerprint density at radius 2 is 1.77 bits per heavy atom. The van der Waals surface area contributed by atoms with E-state index >= 15 is 0 Å². The lowest BCUT2D eigenvalue weighted by Gasteiger charge is -2.32. The molecule has 0 saturated carbocycles. The fraction of sp³-hybridized carbons (Fsp3) is 0.243. The molecular formula is C37H39F3N8O5+2. The van der Waals surface area contributed by atoms with Gasteiger partial charge < -0.3 is 14.7 Å². The molecule has 3 amide bonds. The molecule has 2 atom stereocenters. The number of urea groups is 1. The van der Waals surface area contributed by atoms with Gasteiger partial charge in [-0.2, -0.15) is 19.1 Å². The highest BCUT2D eigenvalue weighted by atomic mass is 19.4. The second-order valence-electron chi connectivity index (χ2n) is 12.8. The van der Waals surface area contributed by atoms with Crippen molar-refractivity contribution < 1.29 is 45.9 Å². The Bertz CT molecular complexity index is 2060. The van der Waals surface area contributed by atoms with Gasteiger partial charge in [0.25, 0.3) is 12.1 Å². The van der Waals surface area contributed by atoms with Crippen LogP contribution in [-0.2, 0) is 22.7 Å². The van der Waals surface area contributed by atoms with Gasteiger partial charge in [-0.25, -0.2) is 9.37 Å². The van der Waals surface area contributed by atoms with Crippen molar-refractivity contribution in [1.29, 1.82) is 0 Å². The van der Waals surface area contributed by atoms with Gasteiger partial charge in [-0.3, -0.25) is 20.0 Å². The van der Waals surface area contributed by atoms with Crippen LogP contribution in [0.1, 0.15) is 48.4 Å². The third-order valence-corrected chi connectivity index (χ3v) is 8.54. The molecule has 0 aliphatic rings. The van der Waals surface area contributed by atoms with Crippen molar-refractivity contribution in [3.63, 3.8) is 0 Å². The van der Waals surface area contributed by atoms with Gasteiger partial charge in [-0.05, 0) is 54.1 Å². The Hall–Kier alpha value is -6.29. The smallest absolute Gasteiger partial charge is 0.387 e. The van der Waals surface area contributed by atoms with Crippen LogP contribution < -0.4 is 26.5 Å². The molecule has 276 valence electrons. The maximum atomic E-state index is 14.5. The number of rotatable bonds is 14.